The molecular weight excluding hydrogens is 226 g/mol. The van der Waals surface area contributed by atoms with E-state index in [9.17, 15) is 9.90 Å². The average molecular weight is 247 g/mol. The second-order valence-electron chi connectivity index (χ2n) is 5.52. The van der Waals surface area contributed by atoms with Gasteiger partial charge in [0.05, 0.1) is 0 Å². The van der Waals surface area contributed by atoms with Gasteiger partial charge >= 0.3 is 0 Å². The number of benzene rings is 1. The fourth-order valence-corrected chi connectivity index (χ4v) is 2.32. The fraction of sp³-hybridized carbons (Fsp3) is 0.533. The Morgan fingerprint density at radius 1 is 1.33 bits per heavy atom. The summed E-state index contributed by atoms with van der Waals surface area (Å²) in [4.78, 5) is 11.5. The van der Waals surface area contributed by atoms with E-state index in [0.717, 1.165) is 6.42 Å². The molecule has 1 aromatic carbocycles. The van der Waals surface area contributed by atoms with E-state index >= 15 is 0 Å². The molecule has 2 N–H and O–H groups in total. The number of carbonyl (C=O) groups is 1. The third-order valence-corrected chi connectivity index (χ3v) is 3.42. The molecule has 1 aliphatic rings. The summed E-state index contributed by atoms with van der Waals surface area (Å²) in [5, 5.41) is 12.2. The van der Waals surface area contributed by atoms with Crippen LogP contribution in [0.25, 0.3) is 0 Å². The Morgan fingerprint density at radius 3 is 2.78 bits per heavy atom. The van der Waals surface area contributed by atoms with Gasteiger partial charge in [0.15, 0.2) is 0 Å². The van der Waals surface area contributed by atoms with Gasteiger partial charge in [0, 0.05) is 6.54 Å². The molecule has 3 nitrogen and oxygen atoms in total. The molecule has 0 heterocycles. The molecule has 0 bridgehead atoms. The second-order valence-corrected chi connectivity index (χ2v) is 5.52. The van der Waals surface area contributed by atoms with Crippen LogP contribution in [0.5, 0.6) is 0 Å². The maximum Gasteiger partial charge on any atom is 0.251 e. The number of hydrogen-bond donors (Lipinski definition) is 2. The van der Waals surface area contributed by atoms with E-state index in [-0.39, 0.29) is 5.91 Å². The Labute approximate surface area is 108 Å². The molecule has 1 aliphatic carbocycles. The summed E-state index contributed by atoms with van der Waals surface area (Å²) in [5.74, 6) is -0.316. The summed E-state index contributed by atoms with van der Waals surface area (Å²) < 4.78 is 0. The van der Waals surface area contributed by atoms with Crippen LogP contribution in [0.2, 0.25) is 0 Å². The van der Waals surface area contributed by atoms with Gasteiger partial charge in [-0.05, 0) is 56.2 Å². The Bertz CT molecular complexity index is 446. The lowest BCUT2D eigenvalue weighted by Crippen LogP contribution is -2.42. The standard InChI is InChI=1S/C15H21NO2/c1-15(2,18)14(17)16-9-8-11-6-7-12-4-3-5-13(12)10-11/h6-7,10,18H,3-5,8-9H2,1-2H3,(H,16,17). The van der Waals surface area contributed by atoms with E-state index in [0.29, 0.717) is 6.54 Å². The zero-order valence-corrected chi connectivity index (χ0v) is 11.1. The number of fused-ring (bicyclic) bond motifs is 1. The highest BCUT2D eigenvalue weighted by Crippen LogP contribution is 2.22. The zero-order valence-electron chi connectivity index (χ0n) is 11.1. The monoisotopic (exact) mass is 247 g/mol. The van der Waals surface area contributed by atoms with Crippen LogP contribution >= 0.6 is 0 Å². The van der Waals surface area contributed by atoms with Gasteiger partial charge in [-0.3, -0.25) is 4.79 Å². The average Bonchev–Trinajstić information content (AvgIpc) is 2.74. The quantitative estimate of drug-likeness (QED) is 0.849. The molecule has 3 heteroatoms. The van der Waals surface area contributed by atoms with E-state index in [1.165, 1.54) is 49.8 Å². The molecule has 0 radical (unpaired) electrons. The van der Waals surface area contributed by atoms with Crippen LogP contribution in [0.15, 0.2) is 18.2 Å². The van der Waals surface area contributed by atoms with Crippen molar-refractivity contribution in [3.05, 3.63) is 34.9 Å². The van der Waals surface area contributed by atoms with Gasteiger partial charge in [-0.2, -0.15) is 0 Å². The lowest BCUT2D eigenvalue weighted by Gasteiger charge is -2.16. The van der Waals surface area contributed by atoms with Gasteiger partial charge in [-0.25, -0.2) is 0 Å². The summed E-state index contributed by atoms with van der Waals surface area (Å²) >= 11 is 0. The largest absolute Gasteiger partial charge is 0.381 e. The van der Waals surface area contributed by atoms with Crippen molar-refractivity contribution in [2.45, 2.75) is 45.1 Å². The van der Waals surface area contributed by atoms with E-state index < -0.39 is 5.60 Å². The topological polar surface area (TPSA) is 49.3 Å². The number of amides is 1. The number of aliphatic hydroxyl groups is 1. The Kier molecular flexibility index (Phi) is 3.71. The first-order valence-electron chi connectivity index (χ1n) is 6.58. The summed E-state index contributed by atoms with van der Waals surface area (Å²) in [6.45, 7) is 3.57. The Balaban J connectivity index is 1.86. The van der Waals surface area contributed by atoms with E-state index in [1.54, 1.807) is 0 Å². The van der Waals surface area contributed by atoms with E-state index in [2.05, 4.69) is 23.5 Å². The molecule has 0 unspecified atom stereocenters. The van der Waals surface area contributed by atoms with Gasteiger partial charge in [-0.15, -0.1) is 0 Å². The third-order valence-electron chi connectivity index (χ3n) is 3.42. The normalized spacial score (nSPS) is 14.4. The molecule has 0 aromatic heterocycles. The molecule has 0 saturated heterocycles. The summed E-state index contributed by atoms with van der Waals surface area (Å²) in [5.41, 5.74) is 2.89. The van der Waals surface area contributed by atoms with Crippen molar-refractivity contribution in [1.82, 2.24) is 5.32 Å². The minimum Gasteiger partial charge on any atom is -0.381 e. The molecule has 98 valence electrons. The molecule has 0 spiro atoms. The predicted octanol–water partition coefficient (Wildman–Crippen LogP) is 1.60. The highest BCUT2D eigenvalue weighted by Gasteiger charge is 2.22. The smallest absolute Gasteiger partial charge is 0.251 e. The first kappa shape index (κ1) is 13.1. The van der Waals surface area contributed by atoms with Crippen molar-refractivity contribution in [3.8, 4) is 0 Å². The van der Waals surface area contributed by atoms with Crippen LogP contribution in [0.3, 0.4) is 0 Å². The first-order valence-corrected chi connectivity index (χ1v) is 6.58. The predicted molar refractivity (Wildman–Crippen MR) is 71.5 cm³/mol. The van der Waals surface area contributed by atoms with Crippen molar-refractivity contribution in [2.75, 3.05) is 6.54 Å². The Morgan fingerprint density at radius 2 is 2.06 bits per heavy atom. The van der Waals surface area contributed by atoms with Gasteiger partial charge in [0.25, 0.3) is 5.91 Å². The number of hydrogen-bond acceptors (Lipinski definition) is 2. The third kappa shape index (κ3) is 3.10. The number of rotatable bonds is 4. The van der Waals surface area contributed by atoms with Crippen molar-refractivity contribution >= 4 is 5.91 Å². The molecule has 1 amide bonds. The van der Waals surface area contributed by atoms with Gasteiger partial charge in [0.2, 0.25) is 0 Å². The molecule has 2 rings (SSSR count). The molecule has 18 heavy (non-hydrogen) atoms. The minimum atomic E-state index is -1.29. The van der Waals surface area contributed by atoms with E-state index in [1.807, 2.05) is 0 Å². The van der Waals surface area contributed by atoms with Crippen LogP contribution in [0, 0.1) is 0 Å². The minimum absolute atomic E-state index is 0.316. The highest BCUT2D eigenvalue weighted by atomic mass is 16.3. The van der Waals surface area contributed by atoms with Crippen molar-refractivity contribution in [2.24, 2.45) is 0 Å². The second kappa shape index (κ2) is 5.11. The lowest BCUT2D eigenvalue weighted by atomic mass is 10.0. The SMILES string of the molecule is CC(C)(O)C(=O)NCCc1ccc2c(c1)CCC2. The maximum atomic E-state index is 11.5. The van der Waals surface area contributed by atoms with Crippen molar-refractivity contribution in [1.29, 1.82) is 0 Å². The molecule has 0 atom stereocenters. The molecule has 0 fully saturated rings. The molecule has 0 saturated carbocycles. The maximum absolute atomic E-state index is 11.5. The van der Waals surface area contributed by atoms with Crippen LogP contribution in [0.4, 0.5) is 0 Å². The summed E-state index contributed by atoms with van der Waals surface area (Å²) in [7, 11) is 0. The lowest BCUT2D eigenvalue weighted by molar-refractivity contribution is -0.136. The van der Waals surface area contributed by atoms with Crippen LogP contribution in [-0.2, 0) is 24.1 Å². The summed E-state index contributed by atoms with van der Waals surface area (Å²) in [6, 6.07) is 6.59. The van der Waals surface area contributed by atoms with Gasteiger partial charge in [0.1, 0.15) is 5.60 Å². The molecular formula is C15H21NO2. The first-order chi connectivity index (χ1) is 8.47. The van der Waals surface area contributed by atoms with Crippen LogP contribution in [-0.4, -0.2) is 23.2 Å². The molecule has 0 aliphatic heterocycles. The fourth-order valence-electron chi connectivity index (χ4n) is 2.32. The van der Waals surface area contributed by atoms with Crippen molar-refractivity contribution in [3.63, 3.8) is 0 Å². The van der Waals surface area contributed by atoms with Crippen LogP contribution < -0.4 is 5.32 Å². The summed E-state index contributed by atoms with van der Waals surface area (Å²) in [6.07, 6.45) is 4.45. The van der Waals surface area contributed by atoms with E-state index in [4.69, 9.17) is 0 Å². The zero-order chi connectivity index (χ0) is 13.2. The number of nitrogens with one attached hydrogen (secondary N) is 1. The van der Waals surface area contributed by atoms with Crippen LogP contribution in [0.1, 0.15) is 37.0 Å². The van der Waals surface area contributed by atoms with Crippen molar-refractivity contribution < 1.29 is 9.90 Å². The number of carbonyl (C=O) groups excluding carboxylic acids is 1. The Hall–Kier alpha value is -1.35. The highest BCUT2D eigenvalue weighted by molar-refractivity contribution is 5.83. The van der Waals surface area contributed by atoms with Gasteiger partial charge in [-0.1, -0.05) is 18.2 Å². The number of aryl methyl sites for hydroxylation is 2. The molecule has 1 aromatic rings. The van der Waals surface area contributed by atoms with Gasteiger partial charge < -0.3 is 10.4 Å².